The maximum absolute atomic E-state index is 12.6. The van der Waals surface area contributed by atoms with Gasteiger partial charge in [-0.05, 0) is 47.5 Å². The molecule has 27 heavy (non-hydrogen) atoms. The number of phenols is 1. The van der Waals surface area contributed by atoms with E-state index in [1.165, 1.54) is 0 Å². The zero-order valence-electron chi connectivity index (χ0n) is 14.4. The summed E-state index contributed by atoms with van der Waals surface area (Å²) < 4.78 is 0. The maximum Gasteiger partial charge on any atom is 0.251 e. The van der Waals surface area contributed by atoms with Gasteiger partial charge in [0.15, 0.2) is 5.78 Å². The Morgan fingerprint density at radius 2 is 1.85 bits per heavy atom. The molecule has 0 fully saturated rings. The van der Waals surface area contributed by atoms with Gasteiger partial charge in [0.1, 0.15) is 5.75 Å². The molecule has 4 nitrogen and oxygen atoms in total. The minimum Gasteiger partial charge on any atom is -0.508 e. The van der Waals surface area contributed by atoms with E-state index < -0.39 is 0 Å². The van der Waals surface area contributed by atoms with Crippen LogP contribution in [0.15, 0.2) is 76.5 Å². The summed E-state index contributed by atoms with van der Waals surface area (Å²) >= 11 is 1.56. The predicted octanol–water partition coefficient (Wildman–Crippen LogP) is 4.21. The van der Waals surface area contributed by atoms with Crippen molar-refractivity contribution in [3.05, 3.63) is 89.0 Å². The summed E-state index contributed by atoms with van der Waals surface area (Å²) in [4.78, 5) is 27.0. The van der Waals surface area contributed by atoms with E-state index in [1.807, 2.05) is 36.4 Å². The van der Waals surface area contributed by atoms with E-state index in [0.717, 1.165) is 26.5 Å². The average Bonchev–Trinajstić information content (AvgIpc) is 2.81. The number of hydrogen-bond acceptors (Lipinski definition) is 4. The van der Waals surface area contributed by atoms with Crippen LogP contribution in [0.5, 0.6) is 5.75 Å². The minimum atomic E-state index is -0.208. The first-order valence-corrected chi connectivity index (χ1v) is 9.41. The van der Waals surface area contributed by atoms with Gasteiger partial charge in [0, 0.05) is 33.9 Å². The molecule has 0 saturated carbocycles. The number of fused-ring (bicyclic) bond motifs is 2. The molecular weight excluding hydrogens is 358 g/mol. The molecule has 1 aliphatic rings. The lowest BCUT2D eigenvalue weighted by Crippen LogP contribution is -2.23. The van der Waals surface area contributed by atoms with Crippen molar-refractivity contribution in [3.63, 3.8) is 0 Å². The molecule has 3 aromatic carbocycles. The lowest BCUT2D eigenvalue weighted by atomic mass is 10.0. The molecule has 0 aliphatic carbocycles. The molecule has 0 bridgehead atoms. The Labute approximate surface area is 161 Å². The van der Waals surface area contributed by atoms with Gasteiger partial charge >= 0.3 is 0 Å². The Hall–Kier alpha value is -3.05. The summed E-state index contributed by atoms with van der Waals surface area (Å²) in [6, 6.07) is 19.8. The number of aromatic hydroxyl groups is 1. The third kappa shape index (κ3) is 3.73. The number of phenolic OH excluding ortho intramolecular Hbond substituents is 1. The second-order valence-corrected chi connectivity index (χ2v) is 7.46. The zero-order chi connectivity index (χ0) is 18.8. The van der Waals surface area contributed by atoms with Crippen LogP contribution >= 0.6 is 11.8 Å². The van der Waals surface area contributed by atoms with Gasteiger partial charge in [0.25, 0.3) is 5.91 Å². The standard InChI is InChI=1S/C22H17NO3S/c24-17-5-3-4-14(10-17)13-23-22(26)15-8-9-20-16(11-15)12-19(25)18-6-1-2-7-21(18)27-20/h1-11,24H,12-13H2,(H,23,26). The fraction of sp³-hybridized carbons (Fsp3) is 0.0909. The van der Waals surface area contributed by atoms with E-state index in [4.69, 9.17) is 0 Å². The van der Waals surface area contributed by atoms with E-state index in [2.05, 4.69) is 5.32 Å². The van der Waals surface area contributed by atoms with Gasteiger partial charge in [0.2, 0.25) is 0 Å². The highest BCUT2D eigenvalue weighted by atomic mass is 32.2. The van der Waals surface area contributed by atoms with Crippen LogP contribution in [0.4, 0.5) is 0 Å². The third-order valence-electron chi connectivity index (χ3n) is 4.44. The molecule has 4 rings (SSSR count). The van der Waals surface area contributed by atoms with Crippen molar-refractivity contribution in [1.82, 2.24) is 5.32 Å². The fourth-order valence-electron chi connectivity index (χ4n) is 3.08. The monoisotopic (exact) mass is 375 g/mol. The number of carbonyl (C=O) groups is 2. The summed E-state index contributed by atoms with van der Waals surface area (Å²) in [7, 11) is 0. The fourth-order valence-corrected chi connectivity index (χ4v) is 4.16. The Balaban J connectivity index is 1.54. The molecule has 0 unspecified atom stereocenters. The number of Topliss-reactive ketones (excluding diaryl/α,β-unsaturated/α-hetero) is 1. The summed E-state index contributed by atoms with van der Waals surface area (Å²) in [5.41, 5.74) is 2.94. The van der Waals surface area contributed by atoms with E-state index >= 15 is 0 Å². The van der Waals surface area contributed by atoms with Crippen molar-refractivity contribution in [1.29, 1.82) is 0 Å². The largest absolute Gasteiger partial charge is 0.508 e. The van der Waals surface area contributed by atoms with Crippen molar-refractivity contribution < 1.29 is 14.7 Å². The lowest BCUT2D eigenvalue weighted by molar-refractivity contribution is 0.0947. The summed E-state index contributed by atoms with van der Waals surface area (Å²) in [6.07, 6.45) is 0.285. The number of carbonyl (C=O) groups excluding carboxylic acids is 2. The Morgan fingerprint density at radius 1 is 1.00 bits per heavy atom. The Morgan fingerprint density at radius 3 is 2.70 bits per heavy atom. The third-order valence-corrected chi connectivity index (χ3v) is 5.64. The van der Waals surface area contributed by atoms with E-state index in [0.29, 0.717) is 12.1 Å². The number of ketones is 1. The maximum atomic E-state index is 12.6. The number of nitrogens with one attached hydrogen (secondary N) is 1. The number of hydrogen-bond donors (Lipinski definition) is 2. The van der Waals surface area contributed by atoms with Crippen molar-refractivity contribution in [3.8, 4) is 5.75 Å². The van der Waals surface area contributed by atoms with Crippen LogP contribution in [0.1, 0.15) is 31.8 Å². The first-order valence-electron chi connectivity index (χ1n) is 8.59. The molecule has 0 aromatic heterocycles. The van der Waals surface area contributed by atoms with Gasteiger partial charge < -0.3 is 10.4 Å². The molecule has 0 spiro atoms. The van der Waals surface area contributed by atoms with Gasteiger partial charge in [-0.1, -0.05) is 42.1 Å². The molecule has 1 amide bonds. The van der Waals surface area contributed by atoms with Crippen LogP contribution in [-0.2, 0) is 13.0 Å². The SMILES string of the molecule is O=C(NCc1cccc(O)c1)c1ccc2c(c1)CC(=O)c1ccccc1S2. The first kappa shape index (κ1) is 17.4. The second kappa shape index (κ2) is 7.29. The van der Waals surface area contributed by atoms with Crippen LogP contribution in [-0.4, -0.2) is 16.8 Å². The highest BCUT2D eigenvalue weighted by Crippen LogP contribution is 2.37. The van der Waals surface area contributed by atoms with Crippen molar-refractivity contribution in [2.75, 3.05) is 0 Å². The van der Waals surface area contributed by atoms with E-state index in [9.17, 15) is 14.7 Å². The summed E-state index contributed by atoms with van der Waals surface area (Å²) in [5, 5.41) is 12.4. The molecule has 5 heteroatoms. The molecule has 2 N–H and O–H groups in total. The summed E-state index contributed by atoms with van der Waals surface area (Å²) in [6.45, 7) is 0.323. The number of amides is 1. The molecule has 0 radical (unpaired) electrons. The minimum absolute atomic E-state index is 0.0640. The smallest absolute Gasteiger partial charge is 0.251 e. The summed E-state index contributed by atoms with van der Waals surface area (Å²) in [5.74, 6) is 0.0244. The topological polar surface area (TPSA) is 66.4 Å². The molecule has 1 heterocycles. The van der Waals surface area contributed by atoms with Gasteiger partial charge in [-0.2, -0.15) is 0 Å². The van der Waals surface area contributed by atoms with Crippen molar-refractivity contribution >= 4 is 23.5 Å². The van der Waals surface area contributed by atoms with E-state index in [-0.39, 0.29) is 23.9 Å². The highest BCUT2D eigenvalue weighted by Gasteiger charge is 2.21. The van der Waals surface area contributed by atoms with Gasteiger partial charge in [0.05, 0.1) is 0 Å². The normalized spacial score (nSPS) is 12.7. The number of benzene rings is 3. The van der Waals surface area contributed by atoms with Gasteiger partial charge in [-0.25, -0.2) is 0 Å². The van der Waals surface area contributed by atoms with Crippen LogP contribution in [0.3, 0.4) is 0 Å². The van der Waals surface area contributed by atoms with Crippen LogP contribution in [0.25, 0.3) is 0 Å². The van der Waals surface area contributed by atoms with Crippen LogP contribution in [0, 0.1) is 0 Å². The van der Waals surface area contributed by atoms with Gasteiger partial charge in [-0.15, -0.1) is 0 Å². The average molecular weight is 375 g/mol. The molecule has 134 valence electrons. The van der Waals surface area contributed by atoms with Crippen LogP contribution in [0.2, 0.25) is 0 Å². The molecule has 0 saturated heterocycles. The highest BCUT2D eigenvalue weighted by molar-refractivity contribution is 7.99. The molecule has 3 aromatic rings. The number of rotatable bonds is 3. The predicted molar refractivity (Wildman–Crippen MR) is 104 cm³/mol. The molecule has 0 atom stereocenters. The van der Waals surface area contributed by atoms with Crippen molar-refractivity contribution in [2.24, 2.45) is 0 Å². The molecule has 1 aliphatic heterocycles. The first-order chi connectivity index (χ1) is 13.1. The van der Waals surface area contributed by atoms with Crippen molar-refractivity contribution in [2.45, 2.75) is 22.8 Å². The van der Waals surface area contributed by atoms with Crippen LogP contribution < -0.4 is 5.32 Å². The quantitative estimate of drug-likeness (QED) is 0.720. The Bertz CT molecular complexity index is 1050. The lowest BCUT2D eigenvalue weighted by Gasteiger charge is -2.09. The van der Waals surface area contributed by atoms with E-state index in [1.54, 1.807) is 42.1 Å². The molecular formula is C22H17NO3S. The zero-order valence-corrected chi connectivity index (χ0v) is 15.3. The second-order valence-electron chi connectivity index (χ2n) is 6.37. The van der Waals surface area contributed by atoms with Gasteiger partial charge in [-0.3, -0.25) is 9.59 Å². The Kier molecular flexibility index (Phi) is 4.69.